The third-order valence-electron chi connectivity index (χ3n) is 5.38. The zero-order valence-electron chi connectivity index (χ0n) is 14.6. The second-order valence-corrected chi connectivity index (χ2v) is 6.95. The standard InChI is InChI=1S/C25H16N2/c1-4-10-21-17(7-1)20-15-16(13-14-24(20)26-21)25-18-8-2-5-11-22(18)27-23-12-6-3-9-19(23)25/h1-15,26H. The Morgan fingerprint density at radius 3 is 1.85 bits per heavy atom. The van der Waals surface area contributed by atoms with E-state index in [1.54, 1.807) is 0 Å². The lowest BCUT2D eigenvalue weighted by molar-refractivity contribution is 1.49. The molecule has 0 saturated carbocycles. The summed E-state index contributed by atoms with van der Waals surface area (Å²) >= 11 is 0. The first-order valence-electron chi connectivity index (χ1n) is 9.17. The van der Waals surface area contributed by atoms with Gasteiger partial charge in [0, 0.05) is 38.1 Å². The van der Waals surface area contributed by atoms with Crippen molar-refractivity contribution in [2.75, 3.05) is 0 Å². The number of H-pyrrole nitrogens is 1. The molecular formula is C25H16N2. The van der Waals surface area contributed by atoms with Crippen LogP contribution in [0.15, 0.2) is 91.0 Å². The first kappa shape index (κ1) is 14.5. The van der Waals surface area contributed by atoms with Gasteiger partial charge in [0.2, 0.25) is 0 Å². The monoisotopic (exact) mass is 344 g/mol. The first-order chi connectivity index (χ1) is 13.4. The number of aromatic nitrogens is 2. The maximum absolute atomic E-state index is 4.86. The van der Waals surface area contributed by atoms with Gasteiger partial charge in [-0.15, -0.1) is 0 Å². The normalized spacial score (nSPS) is 11.7. The summed E-state index contributed by atoms with van der Waals surface area (Å²) in [5.41, 5.74) is 6.89. The molecule has 0 aliphatic heterocycles. The molecule has 0 radical (unpaired) electrons. The minimum absolute atomic E-state index is 1.03. The van der Waals surface area contributed by atoms with Gasteiger partial charge in [-0.1, -0.05) is 60.7 Å². The van der Waals surface area contributed by atoms with Crippen molar-refractivity contribution in [3.8, 4) is 11.1 Å². The lowest BCUT2D eigenvalue weighted by Gasteiger charge is -2.11. The van der Waals surface area contributed by atoms with Crippen LogP contribution in [0.4, 0.5) is 0 Å². The average molecular weight is 344 g/mol. The fraction of sp³-hybridized carbons (Fsp3) is 0. The molecule has 126 valence electrons. The minimum Gasteiger partial charge on any atom is -0.355 e. The van der Waals surface area contributed by atoms with E-state index in [9.17, 15) is 0 Å². The molecule has 6 rings (SSSR count). The van der Waals surface area contributed by atoms with Crippen LogP contribution in [-0.2, 0) is 0 Å². The summed E-state index contributed by atoms with van der Waals surface area (Å²) in [7, 11) is 0. The van der Waals surface area contributed by atoms with Crippen LogP contribution >= 0.6 is 0 Å². The number of hydrogen-bond donors (Lipinski definition) is 1. The smallest absolute Gasteiger partial charge is 0.0715 e. The summed E-state index contributed by atoms with van der Waals surface area (Å²) in [5, 5.41) is 4.90. The molecule has 0 bridgehead atoms. The molecule has 4 aromatic carbocycles. The summed E-state index contributed by atoms with van der Waals surface area (Å²) in [6, 6.07) is 32.0. The number of benzene rings is 4. The molecule has 2 aromatic heterocycles. The van der Waals surface area contributed by atoms with E-state index >= 15 is 0 Å². The van der Waals surface area contributed by atoms with Crippen LogP contribution in [0.1, 0.15) is 0 Å². The molecule has 0 spiro atoms. The Kier molecular flexibility index (Phi) is 2.91. The van der Waals surface area contributed by atoms with Crippen LogP contribution in [0.3, 0.4) is 0 Å². The quantitative estimate of drug-likeness (QED) is 0.331. The predicted octanol–water partition coefficient (Wildman–Crippen LogP) is 6.69. The van der Waals surface area contributed by atoms with Crippen molar-refractivity contribution in [1.82, 2.24) is 9.97 Å². The van der Waals surface area contributed by atoms with E-state index in [1.807, 2.05) is 0 Å². The molecule has 6 aromatic rings. The van der Waals surface area contributed by atoms with Gasteiger partial charge in [0.05, 0.1) is 11.0 Å². The maximum atomic E-state index is 4.86. The SMILES string of the molecule is c1ccc2c(-c3ccc4[nH]c5ccccc5c4c3)c3ccccc3nc2c1. The van der Waals surface area contributed by atoms with Gasteiger partial charge in [0.25, 0.3) is 0 Å². The van der Waals surface area contributed by atoms with Gasteiger partial charge < -0.3 is 4.98 Å². The van der Waals surface area contributed by atoms with Gasteiger partial charge in [0.1, 0.15) is 0 Å². The van der Waals surface area contributed by atoms with Gasteiger partial charge in [-0.25, -0.2) is 4.98 Å². The van der Waals surface area contributed by atoms with Gasteiger partial charge >= 0.3 is 0 Å². The second kappa shape index (κ2) is 5.42. The van der Waals surface area contributed by atoms with Crippen molar-refractivity contribution < 1.29 is 0 Å². The largest absolute Gasteiger partial charge is 0.355 e. The van der Waals surface area contributed by atoms with Crippen LogP contribution in [0.2, 0.25) is 0 Å². The molecular weight excluding hydrogens is 328 g/mol. The first-order valence-corrected chi connectivity index (χ1v) is 9.17. The number of aromatic amines is 1. The Morgan fingerprint density at radius 2 is 1.11 bits per heavy atom. The Bertz CT molecular complexity index is 1420. The lowest BCUT2D eigenvalue weighted by atomic mass is 9.95. The zero-order chi connectivity index (χ0) is 17.8. The number of fused-ring (bicyclic) bond motifs is 5. The molecule has 2 heteroatoms. The summed E-state index contributed by atoms with van der Waals surface area (Å²) in [6.45, 7) is 0. The fourth-order valence-corrected chi connectivity index (χ4v) is 4.15. The number of para-hydroxylation sites is 3. The Morgan fingerprint density at radius 1 is 0.519 bits per heavy atom. The van der Waals surface area contributed by atoms with Crippen molar-refractivity contribution in [2.45, 2.75) is 0 Å². The molecule has 0 saturated heterocycles. The van der Waals surface area contributed by atoms with E-state index in [2.05, 4.69) is 96.0 Å². The highest BCUT2D eigenvalue weighted by Crippen LogP contribution is 2.37. The molecule has 0 atom stereocenters. The highest BCUT2D eigenvalue weighted by atomic mass is 14.7. The van der Waals surface area contributed by atoms with Crippen LogP contribution in [0.25, 0.3) is 54.7 Å². The number of nitrogens with zero attached hydrogens (tertiary/aromatic N) is 1. The van der Waals surface area contributed by atoms with E-state index in [0.717, 1.165) is 11.0 Å². The minimum atomic E-state index is 1.03. The van der Waals surface area contributed by atoms with Crippen molar-refractivity contribution in [3.63, 3.8) is 0 Å². The number of pyridine rings is 1. The van der Waals surface area contributed by atoms with Crippen molar-refractivity contribution >= 4 is 43.6 Å². The van der Waals surface area contributed by atoms with Gasteiger partial charge in [0.15, 0.2) is 0 Å². The van der Waals surface area contributed by atoms with Gasteiger partial charge in [-0.05, 0) is 35.9 Å². The van der Waals surface area contributed by atoms with E-state index in [-0.39, 0.29) is 0 Å². The molecule has 0 aliphatic carbocycles. The van der Waals surface area contributed by atoms with Crippen LogP contribution in [0, 0.1) is 0 Å². The van der Waals surface area contributed by atoms with Crippen LogP contribution < -0.4 is 0 Å². The van der Waals surface area contributed by atoms with Gasteiger partial charge in [-0.3, -0.25) is 0 Å². The maximum Gasteiger partial charge on any atom is 0.0715 e. The van der Waals surface area contributed by atoms with E-state index in [4.69, 9.17) is 4.98 Å². The van der Waals surface area contributed by atoms with Crippen molar-refractivity contribution in [1.29, 1.82) is 0 Å². The second-order valence-electron chi connectivity index (χ2n) is 6.95. The van der Waals surface area contributed by atoms with E-state index in [0.29, 0.717) is 0 Å². The molecule has 27 heavy (non-hydrogen) atoms. The molecule has 0 aliphatic rings. The topological polar surface area (TPSA) is 28.7 Å². The van der Waals surface area contributed by atoms with Crippen molar-refractivity contribution in [2.24, 2.45) is 0 Å². The summed E-state index contributed by atoms with van der Waals surface area (Å²) in [4.78, 5) is 8.38. The lowest BCUT2D eigenvalue weighted by Crippen LogP contribution is -1.88. The Labute approximate surface area is 156 Å². The predicted molar refractivity (Wildman–Crippen MR) is 114 cm³/mol. The van der Waals surface area contributed by atoms with Gasteiger partial charge in [-0.2, -0.15) is 0 Å². The molecule has 0 fully saturated rings. The third kappa shape index (κ3) is 2.10. The molecule has 0 unspecified atom stereocenters. The highest BCUT2D eigenvalue weighted by Gasteiger charge is 2.12. The summed E-state index contributed by atoms with van der Waals surface area (Å²) < 4.78 is 0. The van der Waals surface area contributed by atoms with Crippen molar-refractivity contribution in [3.05, 3.63) is 91.0 Å². The summed E-state index contributed by atoms with van der Waals surface area (Å²) in [6.07, 6.45) is 0. The highest BCUT2D eigenvalue weighted by molar-refractivity contribution is 6.13. The van der Waals surface area contributed by atoms with E-state index < -0.39 is 0 Å². The molecule has 1 N–H and O–H groups in total. The number of nitrogens with one attached hydrogen (secondary N) is 1. The summed E-state index contributed by atoms with van der Waals surface area (Å²) in [5.74, 6) is 0. The molecule has 2 heterocycles. The Hall–Kier alpha value is -3.65. The Balaban J connectivity index is 1.77. The van der Waals surface area contributed by atoms with E-state index in [1.165, 1.54) is 43.7 Å². The number of rotatable bonds is 1. The fourth-order valence-electron chi connectivity index (χ4n) is 4.15. The third-order valence-corrected chi connectivity index (χ3v) is 5.38. The average Bonchev–Trinajstić information content (AvgIpc) is 3.10. The zero-order valence-corrected chi connectivity index (χ0v) is 14.6. The van der Waals surface area contributed by atoms with Crippen LogP contribution in [-0.4, -0.2) is 9.97 Å². The molecule has 2 nitrogen and oxygen atoms in total. The van der Waals surface area contributed by atoms with Crippen LogP contribution in [0.5, 0.6) is 0 Å². The molecule has 0 amide bonds. The number of hydrogen-bond acceptors (Lipinski definition) is 1.